The minimum absolute atomic E-state index is 0.00102. The van der Waals surface area contributed by atoms with Crippen LogP contribution in [-0.4, -0.2) is 34.3 Å². The lowest BCUT2D eigenvalue weighted by atomic mass is 9.89. The largest absolute Gasteiger partial charge is 0.340 e. The molecule has 0 aromatic heterocycles. The predicted molar refractivity (Wildman–Crippen MR) is 72.1 cm³/mol. The summed E-state index contributed by atoms with van der Waals surface area (Å²) in [5.41, 5.74) is -0.731. The van der Waals surface area contributed by atoms with E-state index in [2.05, 4.69) is 12.2 Å². The first-order valence-corrected chi connectivity index (χ1v) is 7.06. The highest BCUT2D eigenvalue weighted by Gasteiger charge is 2.47. The lowest BCUT2D eigenvalue weighted by molar-refractivity contribution is -0.157. The average molecular weight is 254 g/mol. The van der Waals surface area contributed by atoms with Gasteiger partial charge in [0, 0.05) is 6.04 Å². The SMILES string of the molecule is CCCC1C(=O)NC(C)(CC)C(=O)N1C(C)CC. The van der Waals surface area contributed by atoms with Crippen molar-refractivity contribution in [3.8, 4) is 0 Å². The first kappa shape index (κ1) is 15.0. The van der Waals surface area contributed by atoms with E-state index in [-0.39, 0.29) is 23.9 Å². The molecule has 1 rings (SSSR count). The molecule has 1 saturated heterocycles. The van der Waals surface area contributed by atoms with Crippen molar-refractivity contribution in [1.82, 2.24) is 10.2 Å². The lowest BCUT2D eigenvalue weighted by Crippen LogP contribution is -2.70. The molecule has 1 aliphatic rings. The molecule has 104 valence electrons. The van der Waals surface area contributed by atoms with Gasteiger partial charge in [0.2, 0.25) is 11.8 Å². The normalized spacial score (nSPS) is 30.3. The van der Waals surface area contributed by atoms with Gasteiger partial charge < -0.3 is 10.2 Å². The maximum absolute atomic E-state index is 12.6. The Bertz CT molecular complexity index is 330. The molecule has 3 unspecified atom stereocenters. The van der Waals surface area contributed by atoms with Crippen LogP contribution < -0.4 is 5.32 Å². The van der Waals surface area contributed by atoms with E-state index in [0.717, 1.165) is 19.3 Å². The van der Waals surface area contributed by atoms with Crippen molar-refractivity contribution < 1.29 is 9.59 Å². The van der Waals surface area contributed by atoms with Crippen molar-refractivity contribution in [1.29, 1.82) is 0 Å². The first-order chi connectivity index (χ1) is 8.41. The predicted octanol–water partition coefficient (Wildman–Crippen LogP) is 2.08. The summed E-state index contributed by atoms with van der Waals surface area (Å²) in [6, 6.07) is -0.178. The molecule has 18 heavy (non-hydrogen) atoms. The molecule has 0 aromatic carbocycles. The Morgan fingerprint density at radius 2 is 1.94 bits per heavy atom. The Labute approximate surface area is 110 Å². The Hall–Kier alpha value is -1.06. The smallest absolute Gasteiger partial charge is 0.248 e. The fourth-order valence-electron chi connectivity index (χ4n) is 2.45. The van der Waals surface area contributed by atoms with E-state index in [1.165, 1.54) is 0 Å². The zero-order chi connectivity index (χ0) is 13.9. The minimum atomic E-state index is -0.731. The van der Waals surface area contributed by atoms with Crippen molar-refractivity contribution in [2.45, 2.75) is 77.9 Å². The topological polar surface area (TPSA) is 49.4 Å². The van der Waals surface area contributed by atoms with E-state index < -0.39 is 5.54 Å². The maximum atomic E-state index is 12.6. The van der Waals surface area contributed by atoms with Crippen LogP contribution in [0.25, 0.3) is 0 Å². The Kier molecular flexibility index (Phi) is 4.77. The number of hydrogen-bond acceptors (Lipinski definition) is 2. The van der Waals surface area contributed by atoms with Gasteiger partial charge in [-0.3, -0.25) is 9.59 Å². The van der Waals surface area contributed by atoms with Crippen LogP contribution in [0, 0.1) is 0 Å². The second kappa shape index (κ2) is 5.72. The summed E-state index contributed by atoms with van der Waals surface area (Å²) in [5, 5.41) is 2.91. The van der Waals surface area contributed by atoms with Crippen molar-refractivity contribution in [2.75, 3.05) is 0 Å². The molecular weight excluding hydrogens is 228 g/mol. The molecule has 0 aliphatic carbocycles. The molecule has 0 spiro atoms. The third kappa shape index (κ3) is 2.52. The maximum Gasteiger partial charge on any atom is 0.248 e. The van der Waals surface area contributed by atoms with E-state index in [0.29, 0.717) is 6.42 Å². The lowest BCUT2D eigenvalue weighted by Gasteiger charge is -2.46. The number of nitrogens with zero attached hydrogens (tertiary/aromatic N) is 1. The summed E-state index contributed by atoms with van der Waals surface area (Å²) in [7, 11) is 0. The van der Waals surface area contributed by atoms with Crippen molar-refractivity contribution in [3.63, 3.8) is 0 Å². The van der Waals surface area contributed by atoms with Crippen LogP contribution in [0.5, 0.6) is 0 Å². The number of hydrogen-bond donors (Lipinski definition) is 1. The molecule has 1 heterocycles. The van der Waals surface area contributed by atoms with E-state index in [9.17, 15) is 9.59 Å². The van der Waals surface area contributed by atoms with E-state index in [1.807, 2.05) is 32.6 Å². The Morgan fingerprint density at radius 3 is 2.39 bits per heavy atom. The highest BCUT2D eigenvalue weighted by atomic mass is 16.2. The van der Waals surface area contributed by atoms with E-state index >= 15 is 0 Å². The first-order valence-electron chi connectivity index (χ1n) is 7.06. The Morgan fingerprint density at radius 1 is 1.33 bits per heavy atom. The van der Waals surface area contributed by atoms with Gasteiger partial charge >= 0.3 is 0 Å². The van der Waals surface area contributed by atoms with Gasteiger partial charge in [0.25, 0.3) is 0 Å². The van der Waals surface area contributed by atoms with Gasteiger partial charge in [0.1, 0.15) is 11.6 Å². The average Bonchev–Trinajstić information content (AvgIpc) is 2.35. The number of piperazine rings is 1. The summed E-state index contributed by atoms with van der Waals surface area (Å²) < 4.78 is 0. The summed E-state index contributed by atoms with van der Waals surface area (Å²) in [4.78, 5) is 26.7. The van der Waals surface area contributed by atoms with E-state index in [4.69, 9.17) is 0 Å². The second-order valence-corrected chi connectivity index (χ2v) is 5.45. The van der Waals surface area contributed by atoms with Crippen LogP contribution in [-0.2, 0) is 9.59 Å². The van der Waals surface area contributed by atoms with Gasteiger partial charge in [-0.1, -0.05) is 27.2 Å². The van der Waals surface area contributed by atoms with Crippen LogP contribution in [0.2, 0.25) is 0 Å². The molecule has 0 radical (unpaired) electrons. The molecule has 0 saturated carbocycles. The summed E-state index contributed by atoms with van der Waals surface area (Å²) in [6.45, 7) is 9.88. The standard InChI is InChI=1S/C14H26N2O2/c1-6-9-11-12(17)15-14(5,8-3)13(18)16(11)10(4)7-2/h10-11H,6-9H2,1-5H3,(H,15,17). The van der Waals surface area contributed by atoms with Gasteiger partial charge in [0.15, 0.2) is 0 Å². The molecule has 4 heteroatoms. The van der Waals surface area contributed by atoms with Crippen molar-refractivity contribution in [3.05, 3.63) is 0 Å². The van der Waals surface area contributed by atoms with Crippen molar-refractivity contribution >= 4 is 11.8 Å². The Balaban J connectivity index is 3.08. The van der Waals surface area contributed by atoms with Crippen LogP contribution in [0.4, 0.5) is 0 Å². The third-order valence-electron chi connectivity index (χ3n) is 4.08. The van der Waals surface area contributed by atoms with Crippen LogP contribution >= 0.6 is 0 Å². The highest BCUT2D eigenvalue weighted by Crippen LogP contribution is 2.26. The van der Waals surface area contributed by atoms with Crippen LogP contribution in [0.1, 0.15) is 60.3 Å². The fraction of sp³-hybridized carbons (Fsp3) is 0.857. The monoisotopic (exact) mass is 254 g/mol. The van der Waals surface area contributed by atoms with E-state index in [1.54, 1.807) is 0 Å². The number of rotatable bonds is 5. The fourth-order valence-corrected chi connectivity index (χ4v) is 2.45. The van der Waals surface area contributed by atoms with Crippen molar-refractivity contribution in [2.24, 2.45) is 0 Å². The van der Waals surface area contributed by atoms with Gasteiger partial charge in [-0.05, 0) is 33.1 Å². The van der Waals surface area contributed by atoms with Crippen LogP contribution in [0.15, 0.2) is 0 Å². The molecule has 2 amide bonds. The highest BCUT2D eigenvalue weighted by molar-refractivity contribution is 5.99. The number of carbonyl (C=O) groups excluding carboxylic acids is 2. The third-order valence-corrected chi connectivity index (χ3v) is 4.08. The number of carbonyl (C=O) groups is 2. The van der Waals surface area contributed by atoms with Gasteiger partial charge in [-0.15, -0.1) is 0 Å². The molecule has 3 atom stereocenters. The number of nitrogens with one attached hydrogen (secondary N) is 1. The quantitative estimate of drug-likeness (QED) is 0.816. The molecule has 1 N–H and O–H groups in total. The molecular formula is C14H26N2O2. The van der Waals surface area contributed by atoms with Gasteiger partial charge in [0.05, 0.1) is 0 Å². The van der Waals surface area contributed by atoms with Crippen LogP contribution in [0.3, 0.4) is 0 Å². The van der Waals surface area contributed by atoms with Gasteiger partial charge in [-0.25, -0.2) is 0 Å². The molecule has 1 fully saturated rings. The molecule has 0 bridgehead atoms. The molecule has 4 nitrogen and oxygen atoms in total. The zero-order valence-electron chi connectivity index (χ0n) is 12.2. The molecule has 0 aromatic rings. The summed E-state index contributed by atoms with van der Waals surface area (Å²) in [6.07, 6.45) is 3.14. The summed E-state index contributed by atoms with van der Waals surface area (Å²) in [5.74, 6) is 0.0681. The zero-order valence-corrected chi connectivity index (χ0v) is 12.2. The molecule has 1 aliphatic heterocycles. The van der Waals surface area contributed by atoms with Gasteiger partial charge in [-0.2, -0.15) is 0 Å². The second-order valence-electron chi connectivity index (χ2n) is 5.45. The summed E-state index contributed by atoms with van der Waals surface area (Å²) >= 11 is 0. The number of amides is 2. The minimum Gasteiger partial charge on any atom is -0.340 e.